The van der Waals surface area contributed by atoms with Gasteiger partial charge < -0.3 is 19.4 Å². The Kier molecular flexibility index (Phi) is 4.36. The van der Waals surface area contributed by atoms with Crippen molar-refractivity contribution in [1.82, 2.24) is 29.5 Å². The van der Waals surface area contributed by atoms with Crippen LogP contribution >= 0.6 is 11.6 Å². The van der Waals surface area contributed by atoms with Crippen LogP contribution in [0, 0.1) is 0 Å². The monoisotopic (exact) mass is 398 g/mol. The molecule has 7 nitrogen and oxygen atoms in total. The van der Waals surface area contributed by atoms with Crippen molar-refractivity contribution in [1.29, 1.82) is 0 Å². The van der Waals surface area contributed by atoms with Gasteiger partial charge in [-0.3, -0.25) is 4.79 Å². The summed E-state index contributed by atoms with van der Waals surface area (Å²) in [5.41, 5.74) is 1.46. The van der Waals surface area contributed by atoms with Crippen molar-refractivity contribution in [3.63, 3.8) is 0 Å². The lowest BCUT2D eigenvalue weighted by Gasteiger charge is -2.31. The van der Waals surface area contributed by atoms with E-state index in [2.05, 4.69) is 31.7 Å². The number of halogens is 1. The quantitative estimate of drug-likeness (QED) is 0.720. The summed E-state index contributed by atoms with van der Waals surface area (Å²) in [6.45, 7) is 4.07. The zero-order valence-corrected chi connectivity index (χ0v) is 16.6. The molecule has 1 saturated heterocycles. The maximum atomic E-state index is 13.0. The van der Waals surface area contributed by atoms with Crippen LogP contribution in [0.5, 0.6) is 0 Å². The van der Waals surface area contributed by atoms with E-state index in [0.29, 0.717) is 29.7 Å². The Morgan fingerprint density at radius 3 is 2.96 bits per heavy atom. The molecule has 146 valence electrons. The summed E-state index contributed by atoms with van der Waals surface area (Å²) >= 11 is 6.05. The van der Waals surface area contributed by atoms with E-state index in [0.717, 1.165) is 48.6 Å². The number of benzene rings is 1. The average molecular weight is 399 g/mol. The van der Waals surface area contributed by atoms with E-state index in [9.17, 15) is 4.79 Å². The van der Waals surface area contributed by atoms with Crippen molar-refractivity contribution in [3.8, 4) is 0 Å². The van der Waals surface area contributed by atoms with E-state index in [1.165, 1.54) is 6.42 Å². The number of carbonyl (C=O) groups excluding carboxylic acids is 1. The number of amides is 1. The highest BCUT2D eigenvalue weighted by atomic mass is 35.5. The fourth-order valence-electron chi connectivity index (χ4n) is 4.42. The van der Waals surface area contributed by atoms with Gasteiger partial charge in [0.2, 0.25) is 0 Å². The SMILES string of the molecule is CN1CCCC(c2nnc3n2CCN(C(=O)c2cc4ccc(Cl)cc4[nH]2)C3)C1. The minimum absolute atomic E-state index is 0.0134. The van der Waals surface area contributed by atoms with Gasteiger partial charge in [-0.25, -0.2) is 0 Å². The van der Waals surface area contributed by atoms with Crippen molar-refractivity contribution in [2.75, 3.05) is 26.7 Å². The second-order valence-corrected chi connectivity index (χ2v) is 8.31. The van der Waals surface area contributed by atoms with Gasteiger partial charge in [0.1, 0.15) is 11.5 Å². The number of rotatable bonds is 2. The first-order valence-corrected chi connectivity index (χ1v) is 10.1. The zero-order chi connectivity index (χ0) is 19.3. The van der Waals surface area contributed by atoms with Crippen LogP contribution in [0.1, 0.15) is 40.9 Å². The first-order chi connectivity index (χ1) is 13.6. The number of piperidine rings is 1. The number of nitrogens with zero attached hydrogens (tertiary/aromatic N) is 5. The lowest BCUT2D eigenvalue weighted by Crippen LogP contribution is -2.39. The van der Waals surface area contributed by atoms with Gasteiger partial charge in [0.15, 0.2) is 5.82 Å². The van der Waals surface area contributed by atoms with Crippen molar-refractivity contribution in [2.24, 2.45) is 0 Å². The predicted octanol–water partition coefficient (Wildman–Crippen LogP) is 2.88. The maximum absolute atomic E-state index is 13.0. The van der Waals surface area contributed by atoms with Crippen LogP contribution in [0.2, 0.25) is 5.02 Å². The molecule has 3 aromatic rings. The second kappa shape index (κ2) is 6.90. The van der Waals surface area contributed by atoms with Gasteiger partial charge in [0, 0.05) is 41.5 Å². The summed E-state index contributed by atoms with van der Waals surface area (Å²) < 4.78 is 2.22. The molecule has 1 amide bonds. The predicted molar refractivity (Wildman–Crippen MR) is 108 cm³/mol. The number of carbonyl (C=O) groups is 1. The number of hydrogen-bond donors (Lipinski definition) is 1. The normalized spacial score (nSPS) is 20.5. The second-order valence-electron chi connectivity index (χ2n) is 7.87. The van der Waals surface area contributed by atoms with Crippen LogP contribution in [0.15, 0.2) is 24.3 Å². The Bertz CT molecular complexity index is 1040. The number of fused-ring (bicyclic) bond motifs is 2. The molecule has 0 saturated carbocycles. The third kappa shape index (κ3) is 3.08. The number of H-pyrrole nitrogens is 1. The molecule has 0 radical (unpaired) electrons. The van der Waals surface area contributed by atoms with Crippen molar-refractivity contribution >= 4 is 28.4 Å². The van der Waals surface area contributed by atoms with E-state index in [-0.39, 0.29) is 5.91 Å². The molecule has 0 spiro atoms. The lowest BCUT2D eigenvalue weighted by molar-refractivity contribution is 0.0700. The zero-order valence-electron chi connectivity index (χ0n) is 15.9. The van der Waals surface area contributed by atoms with E-state index in [1.807, 2.05) is 29.2 Å². The van der Waals surface area contributed by atoms with Gasteiger partial charge in [-0.15, -0.1) is 10.2 Å². The first kappa shape index (κ1) is 17.7. The molecular weight excluding hydrogens is 376 g/mol. The fourth-order valence-corrected chi connectivity index (χ4v) is 4.59. The first-order valence-electron chi connectivity index (χ1n) is 9.76. The van der Waals surface area contributed by atoms with E-state index >= 15 is 0 Å². The van der Waals surface area contributed by atoms with E-state index in [4.69, 9.17) is 11.6 Å². The molecule has 28 heavy (non-hydrogen) atoms. The van der Waals surface area contributed by atoms with Crippen LogP contribution in [0.25, 0.3) is 10.9 Å². The molecule has 1 unspecified atom stereocenters. The summed E-state index contributed by atoms with van der Waals surface area (Å²) in [7, 11) is 2.16. The summed E-state index contributed by atoms with van der Waals surface area (Å²) in [5.74, 6) is 2.37. The van der Waals surface area contributed by atoms with Crippen molar-refractivity contribution in [3.05, 3.63) is 46.6 Å². The molecule has 0 aliphatic carbocycles. The van der Waals surface area contributed by atoms with Gasteiger partial charge in [0.05, 0.1) is 6.54 Å². The molecule has 1 atom stereocenters. The molecule has 1 N–H and O–H groups in total. The Morgan fingerprint density at radius 1 is 1.21 bits per heavy atom. The van der Waals surface area contributed by atoms with Gasteiger partial charge >= 0.3 is 0 Å². The molecule has 2 aliphatic rings. The van der Waals surface area contributed by atoms with Crippen LogP contribution < -0.4 is 0 Å². The number of likely N-dealkylation sites (N-methyl/N-ethyl adjacent to an activating group) is 1. The Balaban J connectivity index is 1.36. The standard InChI is InChI=1S/C20H23ClN6O/c1-25-6-2-3-14(11-25)19-24-23-18-12-26(7-8-27(18)19)20(28)17-9-13-4-5-15(21)10-16(13)22-17/h4-5,9-10,14,22H,2-3,6-8,11-12H2,1H3. The molecule has 8 heteroatoms. The fraction of sp³-hybridized carbons (Fsp3) is 0.450. The molecule has 1 fully saturated rings. The van der Waals surface area contributed by atoms with Crippen LogP contribution in [-0.2, 0) is 13.1 Å². The summed E-state index contributed by atoms with van der Waals surface area (Å²) in [6, 6.07) is 7.48. The summed E-state index contributed by atoms with van der Waals surface area (Å²) in [4.78, 5) is 20.4. The highest BCUT2D eigenvalue weighted by molar-refractivity contribution is 6.31. The molecule has 0 bridgehead atoms. The number of aromatic amines is 1. The molecule has 2 aromatic heterocycles. The topological polar surface area (TPSA) is 70.1 Å². The number of hydrogen-bond acceptors (Lipinski definition) is 4. The Morgan fingerprint density at radius 2 is 2.11 bits per heavy atom. The van der Waals surface area contributed by atoms with Crippen LogP contribution in [0.4, 0.5) is 0 Å². The molecule has 4 heterocycles. The summed E-state index contributed by atoms with van der Waals surface area (Å²) in [6.07, 6.45) is 2.35. The maximum Gasteiger partial charge on any atom is 0.270 e. The minimum atomic E-state index is -0.0134. The van der Waals surface area contributed by atoms with Gasteiger partial charge in [-0.05, 0) is 44.6 Å². The third-order valence-electron chi connectivity index (χ3n) is 5.87. The van der Waals surface area contributed by atoms with Crippen molar-refractivity contribution < 1.29 is 4.79 Å². The summed E-state index contributed by atoms with van der Waals surface area (Å²) in [5, 5.41) is 10.5. The number of likely N-dealkylation sites (tertiary alicyclic amines) is 1. The third-order valence-corrected chi connectivity index (χ3v) is 6.11. The van der Waals surface area contributed by atoms with E-state index < -0.39 is 0 Å². The van der Waals surface area contributed by atoms with Gasteiger partial charge in [-0.1, -0.05) is 17.7 Å². The van der Waals surface area contributed by atoms with Crippen LogP contribution in [-0.4, -0.2) is 62.1 Å². The lowest BCUT2D eigenvalue weighted by atomic mass is 9.97. The highest BCUT2D eigenvalue weighted by Gasteiger charge is 2.30. The molecular formula is C20H23ClN6O. The molecule has 1 aromatic carbocycles. The van der Waals surface area contributed by atoms with E-state index in [1.54, 1.807) is 0 Å². The molecule has 2 aliphatic heterocycles. The smallest absolute Gasteiger partial charge is 0.270 e. The van der Waals surface area contributed by atoms with Crippen molar-refractivity contribution in [2.45, 2.75) is 31.8 Å². The highest BCUT2D eigenvalue weighted by Crippen LogP contribution is 2.27. The Hall–Kier alpha value is -2.38. The van der Waals surface area contributed by atoms with Gasteiger partial charge in [0.25, 0.3) is 5.91 Å². The number of nitrogens with one attached hydrogen (secondary N) is 1. The average Bonchev–Trinajstić information content (AvgIpc) is 3.30. The molecule has 5 rings (SSSR count). The van der Waals surface area contributed by atoms with Gasteiger partial charge in [-0.2, -0.15) is 0 Å². The van der Waals surface area contributed by atoms with Crippen LogP contribution in [0.3, 0.4) is 0 Å². The largest absolute Gasteiger partial charge is 0.350 e. The minimum Gasteiger partial charge on any atom is -0.350 e. The number of aromatic nitrogens is 4. The Labute approximate surface area is 168 Å².